The first-order chi connectivity index (χ1) is 10.7. The summed E-state index contributed by atoms with van der Waals surface area (Å²) >= 11 is 12.7. The van der Waals surface area contributed by atoms with Crippen LogP contribution < -0.4 is 5.32 Å². The molecular weight excluding hydrogens is 319 g/mol. The van der Waals surface area contributed by atoms with Crippen LogP contribution in [0.25, 0.3) is 0 Å². The SMILES string of the molecule is O=C1c2ccccc2NC(c2c(Cl)cccc2Cl)N1C1CC1. The average Bonchev–Trinajstić information content (AvgIpc) is 3.32. The monoisotopic (exact) mass is 332 g/mol. The van der Waals surface area contributed by atoms with Gasteiger partial charge in [0.1, 0.15) is 6.17 Å². The number of carbonyl (C=O) groups excluding carboxylic acids is 1. The Balaban J connectivity index is 1.86. The van der Waals surface area contributed by atoms with Gasteiger partial charge < -0.3 is 10.2 Å². The molecule has 1 unspecified atom stereocenters. The van der Waals surface area contributed by atoms with E-state index in [0.29, 0.717) is 15.6 Å². The van der Waals surface area contributed by atoms with E-state index in [1.165, 1.54) is 0 Å². The van der Waals surface area contributed by atoms with E-state index < -0.39 is 0 Å². The van der Waals surface area contributed by atoms with Crippen molar-refractivity contribution >= 4 is 34.8 Å². The summed E-state index contributed by atoms with van der Waals surface area (Å²) in [4.78, 5) is 14.8. The van der Waals surface area contributed by atoms with Gasteiger partial charge in [-0.05, 0) is 37.1 Å². The fourth-order valence-electron chi connectivity index (χ4n) is 2.98. The standard InChI is InChI=1S/C17H14Cl2N2O/c18-12-5-3-6-13(19)15(12)16-20-14-7-2-1-4-11(14)17(22)21(16)10-8-9-10/h1-7,10,16,20H,8-9H2. The minimum atomic E-state index is -0.323. The second-order valence-electron chi connectivity index (χ2n) is 5.67. The third-order valence-electron chi connectivity index (χ3n) is 4.18. The molecule has 1 saturated carbocycles. The second kappa shape index (κ2) is 5.18. The van der Waals surface area contributed by atoms with Crippen molar-refractivity contribution in [2.75, 3.05) is 5.32 Å². The number of hydrogen-bond donors (Lipinski definition) is 1. The first-order valence-corrected chi connectivity index (χ1v) is 8.04. The Bertz CT molecular complexity index is 738. The van der Waals surface area contributed by atoms with Crippen LogP contribution in [-0.2, 0) is 0 Å². The van der Waals surface area contributed by atoms with Gasteiger partial charge in [0, 0.05) is 27.3 Å². The number of nitrogens with zero attached hydrogens (tertiary/aromatic N) is 1. The lowest BCUT2D eigenvalue weighted by atomic mass is 10.0. The molecule has 0 spiro atoms. The summed E-state index contributed by atoms with van der Waals surface area (Å²) in [6.45, 7) is 0. The number of carbonyl (C=O) groups is 1. The lowest BCUT2D eigenvalue weighted by molar-refractivity contribution is 0.0666. The van der Waals surface area contributed by atoms with Crippen molar-refractivity contribution in [1.82, 2.24) is 4.90 Å². The van der Waals surface area contributed by atoms with Crippen molar-refractivity contribution in [1.29, 1.82) is 0 Å². The van der Waals surface area contributed by atoms with E-state index in [1.54, 1.807) is 12.1 Å². The highest BCUT2D eigenvalue weighted by Crippen LogP contribution is 2.44. The Hall–Kier alpha value is -1.71. The van der Waals surface area contributed by atoms with Gasteiger partial charge >= 0.3 is 0 Å². The fourth-order valence-corrected chi connectivity index (χ4v) is 3.59. The molecule has 4 rings (SSSR count). The zero-order chi connectivity index (χ0) is 15.3. The summed E-state index contributed by atoms with van der Waals surface area (Å²) in [5.74, 6) is 0.0397. The van der Waals surface area contributed by atoms with Crippen molar-refractivity contribution < 1.29 is 4.79 Å². The molecule has 3 nitrogen and oxygen atoms in total. The Labute approximate surface area is 138 Å². The zero-order valence-electron chi connectivity index (χ0n) is 11.7. The van der Waals surface area contributed by atoms with Crippen molar-refractivity contribution in [3.8, 4) is 0 Å². The number of amides is 1. The summed E-state index contributed by atoms with van der Waals surface area (Å²) in [7, 11) is 0. The molecule has 2 aliphatic rings. The lowest BCUT2D eigenvalue weighted by Crippen LogP contribution is -2.44. The maximum absolute atomic E-state index is 12.9. The van der Waals surface area contributed by atoms with E-state index in [0.717, 1.165) is 24.1 Å². The molecule has 112 valence electrons. The summed E-state index contributed by atoms with van der Waals surface area (Å²) in [5.41, 5.74) is 2.29. The third-order valence-corrected chi connectivity index (χ3v) is 4.83. The van der Waals surface area contributed by atoms with E-state index in [-0.39, 0.29) is 18.1 Å². The minimum absolute atomic E-state index is 0.0397. The van der Waals surface area contributed by atoms with Crippen LogP contribution in [0.1, 0.15) is 34.9 Å². The van der Waals surface area contributed by atoms with Crippen LogP contribution in [0, 0.1) is 0 Å². The highest BCUT2D eigenvalue weighted by Gasteiger charge is 2.43. The molecule has 2 aromatic carbocycles. The third kappa shape index (κ3) is 2.16. The molecule has 1 N–H and O–H groups in total. The Morgan fingerprint density at radius 1 is 1.00 bits per heavy atom. The van der Waals surface area contributed by atoms with E-state index in [4.69, 9.17) is 23.2 Å². The number of benzene rings is 2. The summed E-state index contributed by atoms with van der Waals surface area (Å²) < 4.78 is 0. The highest BCUT2D eigenvalue weighted by molar-refractivity contribution is 6.36. The van der Waals surface area contributed by atoms with E-state index in [1.807, 2.05) is 35.2 Å². The molecule has 1 fully saturated rings. The predicted molar refractivity (Wildman–Crippen MR) is 88.5 cm³/mol. The van der Waals surface area contributed by atoms with Gasteiger partial charge in [0.25, 0.3) is 5.91 Å². The first-order valence-electron chi connectivity index (χ1n) is 7.29. The minimum Gasteiger partial charge on any atom is -0.361 e. The molecule has 1 heterocycles. The van der Waals surface area contributed by atoms with E-state index in [2.05, 4.69) is 5.32 Å². The molecule has 22 heavy (non-hydrogen) atoms. The molecule has 0 bridgehead atoms. The maximum atomic E-state index is 12.9. The quantitative estimate of drug-likeness (QED) is 0.862. The van der Waals surface area contributed by atoms with Crippen LogP contribution >= 0.6 is 23.2 Å². The molecule has 5 heteroatoms. The van der Waals surface area contributed by atoms with Crippen LogP contribution in [0.5, 0.6) is 0 Å². The Morgan fingerprint density at radius 2 is 1.68 bits per heavy atom. The normalized spacial score (nSPS) is 20.5. The number of hydrogen-bond acceptors (Lipinski definition) is 2. The number of anilines is 1. The summed E-state index contributed by atoms with van der Waals surface area (Å²) in [5, 5.41) is 4.58. The van der Waals surface area contributed by atoms with Gasteiger partial charge in [0.05, 0.1) is 5.56 Å². The second-order valence-corrected chi connectivity index (χ2v) is 6.49. The molecule has 2 aromatic rings. The number of fused-ring (bicyclic) bond motifs is 1. The molecule has 1 atom stereocenters. The van der Waals surface area contributed by atoms with Gasteiger partial charge in [-0.1, -0.05) is 41.4 Å². The van der Waals surface area contributed by atoms with Crippen LogP contribution in [0.4, 0.5) is 5.69 Å². The number of para-hydroxylation sites is 1. The molecular formula is C17H14Cl2N2O. The molecule has 0 aromatic heterocycles. The van der Waals surface area contributed by atoms with Gasteiger partial charge in [-0.2, -0.15) is 0 Å². The van der Waals surface area contributed by atoms with E-state index >= 15 is 0 Å². The van der Waals surface area contributed by atoms with Crippen LogP contribution in [0.3, 0.4) is 0 Å². The topological polar surface area (TPSA) is 32.3 Å². The largest absolute Gasteiger partial charge is 0.361 e. The first kappa shape index (κ1) is 13.9. The molecule has 0 radical (unpaired) electrons. The maximum Gasteiger partial charge on any atom is 0.258 e. The molecule has 1 aliphatic carbocycles. The number of halogens is 2. The number of nitrogens with one attached hydrogen (secondary N) is 1. The molecule has 1 amide bonds. The van der Waals surface area contributed by atoms with Crippen molar-refractivity contribution in [3.05, 3.63) is 63.6 Å². The van der Waals surface area contributed by atoms with Gasteiger partial charge in [0.15, 0.2) is 0 Å². The van der Waals surface area contributed by atoms with Crippen molar-refractivity contribution in [2.45, 2.75) is 25.0 Å². The van der Waals surface area contributed by atoms with Gasteiger partial charge in [0.2, 0.25) is 0 Å². The van der Waals surface area contributed by atoms with Crippen molar-refractivity contribution in [3.63, 3.8) is 0 Å². The van der Waals surface area contributed by atoms with E-state index in [9.17, 15) is 4.79 Å². The summed E-state index contributed by atoms with van der Waals surface area (Å²) in [6.07, 6.45) is 1.72. The molecule has 0 saturated heterocycles. The van der Waals surface area contributed by atoms with Crippen LogP contribution in [0.15, 0.2) is 42.5 Å². The van der Waals surface area contributed by atoms with Gasteiger partial charge in [-0.15, -0.1) is 0 Å². The van der Waals surface area contributed by atoms with Crippen LogP contribution in [-0.4, -0.2) is 16.8 Å². The van der Waals surface area contributed by atoms with Gasteiger partial charge in [-0.3, -0.25) is 4.79 Å². The smallest absolute Gasteiger partial charge is 0.258 e. The average molecular weight is 333 g/mol. The highest BCUT2D eigenvalue weighted by atomic mass is 35.5. The van der Waals surface area contributed by atoms with Crippen molar-refractivity contribution in [2.24, 2.45) is 0 Å². The molecule has 1 aliphatic heterocycles. The number of rotatable bonds is 2. The Morgan fingerprint density at radius 3 is 2.36 bits per heavy atom. The predicted octanol–water partition coefficient (Wildman–Crippen LogP) is 4.72. The zero-order valence-corrected chi connectivity index (χ0v) is 13.2. The fraction of sp³-hybridized carbons (Fsp3) is 0.235. The summed E-state index contributed by atoms with van der Waals surface area (Å²) in [6, 6.07) is 13.2. The van der Waals surface area contributed by atoms with Gasteiger partial charge in [-0.25, -0.2) is 0 Å². The lowest BCUT2D eigenvalue weighted by Gasteiger charge is -2.39. The van der Waals surface area contributed by atoms with Crippen LogP contribution in [0.2, 0.25) is 10.0 Å². The Kier molecular flexibility index (Phi) is 3.28.